The fraction of sp³-hybridized carbons (Fsp3) is 0.100. The molecule has 2 aromatic rings. The van der Waals surface area contributed by atoms with E-state index < -0.39 is 6.36 Å². The van der Waals surface area contributed by atoms with E-state index in [9.17, 15) is 13.2 Å². The number of pyridine rings is 1. The second kappa shape index (κ2) is 3.42. The minimum Gasteiger partial charge on any atom is -0.406 e. The lowest BCUT2D eigenvalue weighted by Crippen LogP contribution is -2.17. The molecule has 2 rings (SSSR count). The van der Waals surface area contributed by atoms with E-state index in [4.69, 9.17) is 0 Å². The minimum absolute atomic E-state index is 0.276. The van der Waals surface area contributed by atoms with Gasteiger partial charge in [-0.1, -0.05) is 0 Å². The van der Waals surface area contributed by atoms with Crippen molar-refractivity contribution in [2.45, 2.75) is 6.36 Å². The van der Waals surface area contributed by atoms with Gasteiger partial charge in [0.1, 0.15) is 5.75 Å². The Labute approximate surface area is 83.3 Å². The number of halogens is 3. The predicted molar refractivity (Wildman–Crippen MR) is 47.3 cm³/mol. The average Bonchev–Trinajstić information content (AvgIpc) is 2.15. The molecule has 0 amide bonds. The van der Waals surface area contributed by atoms with E-state index in [0.717, 1.165) is 0 Å². The van der Waals surface area contributed by atoms with Gasteiger partial charge in [0.25, 0.3) is 0 Å². The number of fused-ring (bicyclic) bond motifs is 1. The maximum atomic E-state index is 11.9. The van der Waals surface area contributed by atoms with Crippen molar-refractivity contribution in [2.24, 2.45) is 0 Å². The lowest BCUT2D eigenvalue weighted by molar-refractivity contribution is -0.274. The van der Waals surface area contributed by atoms with Crippen LogP contribution in [0.2, 0.25) is 0 Å². The Morgan fingerprint density at radius 3 is 2.80 bits per heavy atom. The van der Waals surface area contributed by atoms with Crippen LogP contribution in [0.4, 0.5) is 13.2 Å². The fourth-order valence-corrected chi connectivity index (χ4v) is 1.18. The summed E-state index contributed by atoms with van der Waals surface area (Å²) >= 11 is 0. The minimum atomic E-state index is -4.67. The van der Waals surface area contributed by atoms with Crippen molar-refractivity contribution < 1.29 is 17.9 Å². The van der Waals surface area contributed by atoms with Crippen LogP contribution in [-0.2, 0) is 0 Å². The van der Waals surface area contributed by atoms with Crippen LogP contribution >= 0.6 is 0 Å². The van der Waals surface area contributed by atoms with Gasteiger partial charge in [0.15, 0.2) is 0 Å². The van der Waals surface area contributed by atoms with Gasteiger partial charge in [-0.25, -0.2) is 0 Å². The molecule has 15 heavy (non-hydrogen) atoms. The summed E-state index contributed by atoms with van der Waals surface area (Å²) in [5.74, 6) is -0.276. The van der Waals surface area contributed by atoms with Crippen molar-refractivity contribution >= 4 is 10.9 Å². The molecule has 0 aliphatic carbocycles. The van der Waals surface area contributed by atoms with Gasteiger partial charge in [-0.05, 0) is 24.3 Å². The highest BCUT2D eigenvalue weighted by Crippen LogP contribution is 2.25. The molecule has 0 aliphatic heterocycles. The summed E-state index contributed by atoms with van der Waals surface area (Å²) in [6.45, 7) is 0. The number of nitrogens with zero attached hydrogens (tertiary/aromatic N) is 1. The Morgan fingerprint density at radius 2 is 2.07 bits per heavy atom. The Balaban J connectivity index is 2.39. The third-order valence-corrected chi connectivity index (χ3v) is 1.73. The van der Waals surface area contributed by atoms with Crippen molar-refractivity contribution in [1.82, 2.24) is 4.98 Å². The summed E-state index contributed by atoms with van der Waals surface area (Å²) in [5.41, 5.74) is 0.416. The lowest BCUT2D eigenvalue weighted by atomic mass is 10.2. The smallest absolute Gasteiger partial charge is 0.406 e. The van der Waals surface area contributed by atoms with E-state index >= 15 is 0 Å². The van der Waals surface area contributed by atoms with Gasteiger partial charge < -0.3 is 4.74 Å². The van der Waals surface area contributed by atoms with Crippen molar-refractivity contribution in [3.8, 4) is 5.75 Å². The number of aromatic nitrogens is 1. The molecule has 0 spiro atoms. The van der Waals surface area contributed by atoms with E-state index in [1.165, 1.54) is 24.4 Å². The first-order valence-electron chi connectivity index (χ1n) is 4.07. The molecule has 1 aromatic heterocycles. The number of hydrogen-bond donors (Lipinski definition) is 0. The molecule has 1 radical (unpaired) electrons. The molecule has 0 aliphatic rings. The number of benzene rings is 1. The van der Waals surface area contributed by atoms with E-state index in [-0.39, 0.29) is 5.75 Å². The fourth-order valence-electron chi connectivity index (χ4n) is 1.18. The summed E-state index contributed by atoms with van der Waals surface area (Å²) in [6.07, 6.45) is -3.22. The number of hydrogen-bond acceptors (Lipinski definition) is 2. The van der Waals surface area contributed by atoms with Gasteiger partial charge in [-0.3, -0.25) is 4.98 Å². The van der Waals surface area contributed by atoms with Crippen LogP contribution in [0.3, 0.4) is 0 Å². The highest BCUT2D eigenvalue weighted by molar-refractivity contribution is 5.79. The van der Waals surface area contributed by atoms with E-state index in [2.05, 4.69) is 15.8 Å². The second-order valence-corrected chi connectivity index (χ2v) is 2.82. The molecule has 0 N–H and O–H groups in total. The summed E-state index contributed by atoms with van der Waals surface area (Å²) in [5, 5.41) is 0.645. The molecule has 5 heteroatoms. The van der Waals surface area contributed by atoms with Crippen LogP contribution in [0.5, 0.6) is 5.75 Å². The van der Waals surface area contributed by atoms with Crippen LogP contribution in [0.25, 0.3) is 10.9 Å². The van der Waals surface area contributed by atoms with Crippen LogP contribution in [0.1, 0.15) is 0 Å². The maximum absolute atomic E-state index is 11.9. The van der Waals surface area contributed by atoms with Crippen molar-refractivity contribution in [1.29, 1.82) is 0 Å². The molecular formula is C10H5F3NO. The summed E-state index contributed by atoms with van der Waals surface area (Å²) in [4.78, 5) is 3.89. The quantitative estimate of drug-likeness (QED) is 0.725. The molecule has 0 fully saturated rings. The van der Waals surface area contributed by atoms with Gasteiger partial charge in [0.2, 0.25) is 0 Å². The van der Waals surface area contributed by atoms with Crippen molar-refractivity contribution in [3.63, 3.8) is 0 Å². The Kier molecular flexibility index (Phi) is 2.22. The molecule has 0 unspecified atom stereocenters. The zero-order valence-corrected chi connectivity index (χ0v) is 7.38. The summed E-state index contributed by atoms with van der Waals surface area (Å²) in [7, 11) is 0. The van der Waals surface area contributed by atoms with E-state index in [1.54, 1.807) is 6.07 Å². The molecule has 0 bridgehead atoms. The zero-order chi connectivity index (χ0) is 10.9. The second-order valence-electron chi connectivity index (χ2n) is 2.82. The van der Waals surface area contributed by atoms with E-state index in [0.29, 0.717) is 10.9 Å². The normalized spacial score (nSPS) is 11.7. The van der Waals surface area contributed by atoms with Crippen molar-refractivity contribution in [3.05, 3.63) is 36.5 Å². The first-order valence-corrected chi connectivity index (χ1v) is 4.07. The SMILES string of the molecule is FC(F)(F)Oc1ccc2[c]ccnc2c1. The molecule has 0 saturated carbocycles. The number of ether oxygens (including phenoxy) is 1. The largest absolute Gasteiger partial charge is 0.573 e. The zero-order valence-electron chi connectivity index (χ0n) is 7.38. The topological polar surface area (TPSA) is 22.1 Å². The molecule has 0 saturated heterocycles. The van der Waals surface area contributed by atoms with Crippen LogP contribution in [-0.4, -0.2) is 11.3 Å². The molecule has 77 valence electrons. The molecule has 1 heterocycles. The highest BCUT2D eigenvalue weighted by Gasteiger charge is 2.31. The predicted octanol–water partition coefficient (Wildman–Crippen LogP) is 2.93. The number of rotatable bonds is 1. The molecular weight excluding hydrogens is 207 g/mol. The standard InChI is InChI=1S/C10H5F3NO/c11-10(12,13)15-8-4-3-7-2-1-5-14-9(7)6-8/h1,3-6H. The third kappa shape index (κ3) is 2.37. The monoisotopic (exact) mass is 212 g/mol. The third-order valence-electron chi connectivity index (χ3n) is 1.73. The van der Waals surface area contributed by atoms with E-state index in [1.807, 2.05) is 0 Å². The first-order chi connectivity index (χ1) is 7.04. The highest BCUT2D eigenvalue weighted by atomic mass is 19.4. The van der Waals surface area contributed by atoms with Crippen molar-refractivity contribution in [2.75, 3.05) is 0 Å². The van der Waals surface area contributed by atoms with Gasteiger partial charge in [0.05, 0.1) is 5.52 Å². The molecule has 1 aromatic carbocycles. The van der Waals surface area contributed by atoms with Gasteiger partial charge >= 0.3 is 6.36 Å². The van der Waals surface area contributed by atoms with Crippen LogP contribution in [0, 0.1) is 6.07 Å². The van der Waals surface area contributed by atoms with Gasteiger partial charge in [0, 0.05) is 17.6 Å². The maximum Gasteiger partial charge on any atom is 0.573 e. The van der Waals surface area contributed by atoms with Crippen LogP contribution in [0.15, 0.2) is 30.5 Å². The van der Waals surface area contributed by atoms with Gasteiger partial charge in [-0.15, -0.1) is 13.2 Å². The van der Waals surface area contributed by atoms with Gasteiger partial charge in [-0.2, -0.15) is 0 Å². The first kappa shape index (κ1) is 9.76. The van der Waals surface area contributed by atoms with Crippen LogP contribution < -0.4 is 4.74 Å². The molecule has 0 atom stereocenters. The summed E-state index contributed by atoms with van der Waals surface area (Å²) < 4.78 is 39.4. The Bertz CT molecular complexity index is 481. The lowest BCUT2D eigenvalue weighted by Gasteiger charge is -2.08. The Hall–Kier alpha value is -1.78. The summed E-state index contributed by atoms with van der Waals surface area (Å²) in [6, 6.07) is 8.36. The molecule has 2 nitrogen and oxygen atoms in total. The number of alkyl halides is 3. The average molecular weight is 212 g/mol. The Morgan fingerprint density at radius 1 is 1.27 bits per heavy atom.